The highest BCUT2D eigenvalue weighted by atomic mass is 32.1. The molecule has 3 rings (SSSR count). The third-order valence-corrected chi connectivity index (χ3v) is 4.24. The van der Waals surface area contributed by atoms with E-state index in [-0.39, 0.29) is 5.41 Å². The smallest absolute Gasteiger partial charge is 0.234 e. The fraction of sp³-hybridized carbons (Fsp3) is 0.667. The number of nitrogens with zero attached hydrogens (tertiary/aromatic N) is 4. The maximum Gasteiger partial charge on any atom is 0.234 e. The second kappa shape index (κ2) is 2.99. The minimum atomic E-state index is 0.178. The van der Waals surface area contributed by atoms with Crippen molar-refractivity contribution in [2.75, 3.05) is 13.1 Å². The van der Waals surface area contributed by atoms with Crippen LogP contribution in [0.3, 0.4) is 0 Å². The minimum Gasteiger partial charge on any atom is -0.316 e. The quantitative estimate of drug-likeness (QED) is 0.775. The van der Waals surface area contributed by atoms with Gasteiger partial charge in [0.05, 0.1) is 0 Å². The van der Waals surface area contributed by atoms with Gasteiger partial charge >= 0.3 is 0 Å². The lowest BCUT2D eigenvalue weighted by Crippen LogP contribution is -2.24. The van der Waals surface area contributed by atoms with Crippen molar-refractivity contribution < 1.29 is 0 Å². The van der Waals surface area contributed by atoms with Crippen LogP contribution in [0, 0.1) is 6.92 Å². The van der Waals surface area contributed by atoms with Gasteiger partial charge in [0.15, 0.2) is 5.82 Å². The van der Waals surface area contributed by atoms with E-state index in [0.717, 1.165) is 30.3 Å². The molecule has 1 fully saturated rings. The zero-order chi connectivity index (χ0) is 10.5. The predicted molar refractivity (Wildman–Crippen MR) is 58.2 cm³/mol. The molecule has 2 aromatic rings. The molecular formula is C9H13N5S. The number of hydrogen-bond acceptors (Lipinski definition) is 5. The van der Waals surface area contributed by atoms with Gasteiger partial charge in [0.25, 0.3) is 0 Å². The van der Waals surface area contributed by atoms with Crippen LogP contribution >= 0.6 is 11.3 Å². The SMILES string of the molecule is Cc1nnc2sc(C3(C)CCNC3)nn12. The molecule has 1 aliphatic rings. The first kappa shape index (κ1) is 9.23. The van der Waals surface area contributed by atoms with Crippen molar-refractivity contribution in [2.24, 2.45) is 0 Å². The normalized spacial score (nSPS) is 26.5. The molecule has 1 atom stereocenters. The Morgan fingerprint density at radius 1 is 1.47 bits per heavy atom. The van der Waals surface area contributed by atoms with Gasteiger partial charge in [-0.2, -0.15) is 9.61 Å². The predicted octanol–water partition coefficient (Wildman–Crippen LogP) is 0.745. The van der Waals surface area contributed by atoms with Crippen molar-refractivity contribution >= 4 is 16.3 Å². The lowest BCUT2D eigenvalue weighted by atomic mass is 9.91. The molecule has 1 saturated heterocycles. The molecule has 1 N–H and O–H groups in total. The summed E-state index contributed by atoms with van der Waals surface area (Å²) in [5, 5.41) is 17.2. The molecule has 2 aromatic heterocycles. The second-order valence-electron chi connectivity index (χ2n) is 4.34. The van der Waals surface area contributed by atoms with Crippen LogP contribution in [-0.4, -0.2) is 32.9 Å². The molecule has 0 spiro atoms. The standard InChI is InChI=1S/C9H13N5S/c1-6-11-12-8-14(6)13-7(15-8)9(2)3-4-10-5-9/h10H,3-5H2,1-2H3. The Kier molecular flexibility index (Phi) is 1.84. The number of aromatic nitrogens is 4. The third-order valence-electron chi connectivity index (χ3n) is 3.03. The first-order valence-corrected chi connectivity index (χ1v) is 5.91. The van der Waals surface area contributed by atoms with Gasteiger partial charge in [-0.1, -0.05) is 18.3 Å². The van der Waals surface area contributed by atoms with Crippen LogP contribution in [0.1, 0.15) is 24.2 Å². The summed E-state index contributed by atoms with van der Waals surface area (Å²) in [6.07, 6.45) is 1.15. The monoisotopic (exact) mass is 223 g/mol. The number of aryl methyl sites for hydroxylation is 1. The van der Waals surface area contributed by atoms with E-state index >= 15 is 0 Å². The molecule has 80 valence electrons. The molecule has 1 aliphatic heterocycles. The number of nitrogens with one attached hydrogen (secondary N) is 1. The van der Waals surface area contributed by atoms with E-state index in [1.54, 1.807) is 11.3 Å². The molecule has 0 radical (unpaired) electrons. The summed E-state index contributed by atoms with van der Waals surface area (Å²) in [5.74, 6) is 0.863. The van der Waals surface area contributed by atoms with Crippen LogP contribution in [0.5, 0.6) is 0 Å². The average molecular weight is 223 g/mol. The van der Waals surface area contributed by atoms with E-state index in [0.29, 0.717) is 0 Å². The highest BCUT2D eigenvalue weighted by Gasteiger charge is 2.34. The molecule has 3 heterocycles. The van der Waals surface area contributed by atoms with Crippen LogP contribution in [0.15, 0.2) is 0 Å². The Bertz CT molecular complexity index is 494. The van der Waals surface area contributed by atoms with Crippen LogP contribution in [0.2, 0.25) is 0 Å². The average Bonchev–Trinajstić information content (AvgIpc) is 2.85. The molecule has 0 aromatic carbocycles. The van der Waals surface area contributed by atoms with Crippen LogP contribution < -0.4 is 5.32 Å². The molecule has 0 saturated carbocycles. The van der Waals surface area contributed by atoms with Crippen molar-refractivity contribution in [3.63, 3.8) is 0 Å². The summed E-state index contributed by atoms with van der Waals surface area (Å²) >= 11 is 1.65. The van der Waals surface area contributed by atoms with E-state index in [9.17, 15) is 0 Å². The van der Waals surface area contributed by atoms with Crippen molar-refractivity contribution in [1.29, 1.82) is 0 Å². The summed E-state index contributed by atoms with van der Waals surface area (Å²) in [6, 6.07) is 0. The molecule has 0 bridgehead atoms. The maximum absolute atomic E-state index is 4.60. The topological polar surface area (TPSA) is 55.1 Å². The van der Waals surface area contributed by atoms with Gasteiger partial charge in [0.2, 0.25) is 4.96 Å². The van der Waals surface area contributed by atoms with Gasteiger partial charge in [0.1, 0.15) is 5.01 Å². The van der Waals surface area contributed by atoms with E-state index in [4.69, 9.17) is 0 Å². The van der Waals surface area contributed by atoms with Gasteiger partial charge in [-0.05, 0) is 19.9 Å². The van der Waals surface area contributed by atoms with Crippen molar-refractivity contribution in [1.82, 2.24) is 25.1 Å². The van der Waals surface area contributed by atoms with Crippen LogP contribution in [-0.2, 0) is 5.41 Å². The number of fused-ring (bicyclic) bond motifs is 1. The fourth-order valence-corrected chi connectivity index (χ4v) is 3.02. The van der Waals surface area contributed by atoms with Gasteiger partial charge in [-0.15, -0.1) is 10.2 Å². The number of rotatable bonds is 1. The van der Waals surface area contributed by atoms with E-state index in [1.165, 1.54) is 5.01 Å². The van der Waals surface area contributed by atoms with E-state index in [1.807, 2.05) is 11.4 Å². The zero-order valence-electron chi connectivity index (χ0n) is 8.82. The second-order valence-corrected chi connectivity index (χ2v) is 5.29. The molecule has 1 unspecified atom stereocenters. The Labute approximate surface area is 91.5 Å². The van der Waals surface area contributed by atoms with Crippen LogP contribution in [0.4, 0.5) is 0 Å². The van der Waals surface area contributed by atoms with Gasteiger partial charge in [-0.3, -0.25) is 0 Å². The first-order valence-electron chi connectivity index (χ1n) is 5.09. The van der Waals surface area contributed by atoms with Crippen molar-refractivity contribution in [3.8, 4) is 0 Å². The Hall–Kier alpha value is -1.01. The largest absolute Gasteiger partial charge is 0.316 e. The highest BCUT2D eigenvalue weighted by molar-refractivity contribution is 7.16. The lowest BCUT2D eigenvalue weighted by molar-refractivity contribution is 0.512. The molecule has 15 heavy (non-hydrogen) atoms. The molecule has 6 heteroatoms. The lowest BCUT2D eigenvalue weighted by Gasteiger charge is -2.17. The van der Waals surface area contributed by atoms with Crippen molar-refractivity contribution in [3.05, 3.63) is 10.8 Å². The summed E-state index contributed by atoms with van der Waals surface area (Å²) in [6.45, 7) is 6.28. The molecule has 0 aliphatic carbocycles. The summed E-state index contributed by atoms with van der Waals surface area (Å²) in [5.41, 5.74) is 0.178. The third kappa shape index (κ3) is 1.28. The fourth-order valence-electron chi connectivity index (χ4n) is 1.96. The molecular weight excluding hydrogens is 210 g/mol. The van der Waals surface area contributed by atoms with Gasteiger partial charge in [0, 0.05) is 12.0 Å². The zero-order valence-corrected chi connectivity index (χ0v) is 9.63. The summed E-state index contributed by atoms with van der Waals surface area (Å²) in [7, 11) is 0. The van der Waals surface area contributed by atoms with E-state index in [2.05, 4.69) is 27.5 Å². The summed E-state index contributed by atoms with van der Waals surface area (Å²) in [4.78, 5) is 0.899. The molecule has 5 nitrogen and oxygen atoms in total. The first-order chi connectivity index (χ1) is 7.19. The van der Waals surface area contributed by atoms with Crippen molar-refractivity contribution in [2.45, 2.75) is 25.7 Å². The Balaban J connectivity index is 2.11. The van der Waals surface area contributed by atoms with Crippen LogP contribution in [0.25, 0.3) is 4.96 Å². The Morgan fingerprint density at radius 2 is 2.33 bits per heavy atom. The van der Waals surface area contributed by atoms with Gasteiger partial charge < -0.3 is 5.32 Å². The number of hydrogen-bond donors (Lipinski definition) is 1. The highest BCUT2D eigenvalue weighted by Crippen LogP contribution is 2.32. The summed E-state index contributed by atoms with van der Waals surface area (Å²) < 4.78 is 1.84. The molecule has 0 amide bonds. The minimum absolute atomic E-state index is 0.178. The van der Waals surface area contributed by atoms with E-state index < -0.39 is 0 Å². The van der Waals surface area contributed by atoms with Gasteiger partial charge in [-0.25, -0.2) is 0 Å². The Morgan fingerprint density at radius 3 is 3.00 bits per heavy atom. The maximum atomic E-state index is 4.60.